The Morgan fingerprint density at radius 2 is 1.81 bits per heavy atom. The van der Waals surface area contributed by atoms with E-state index in [2.05, 4.69) is 10.3 Å². The molecule has 1 amide bonds. The van der Waals surface area contributed by atoms with E-state index in [1.54, 1.807) is 24.3 Å². The number of nitrogens with zero attached hydrogens (tertiary/aromatic N) is 2. The van der Waals surface area contributed by atoms with Gasteiger partial charge in [-0.25, -0.2) is 4.99 Å². The molecule has 134 valence electrons. The van der Waals surface area contributed by atoms with Crippen LogP contribution in [-0.4, -0.2) is 22.3 Å². The number of carbonyl (C=O) groups excluding carboxylic acids is 1. The van der Waals surface area contributed by atoms with E-state index in [0.717, 1.165) is 0 Å². The summed E-state index contributed by atoms with van der Waals surface area (Å²) in [4.78, 5) is 27.5. The fourth-order valence-electron chi connectivity index (χ4n) is 2.61. The van der Waals surface area contributed by atoms with Gasteiger partial charge in [0.25, 0.3) is 11.6 Å². The third-order valence-corrected chi connectivity index (χ3v) is 3.73. The standard InChI is InChI=1S/C19H19N3O4/c1-19(2,3)21-17(23)16-14-6-4-5-7-15(14)20-18(26-16)12-8-10-13(11-9-12)22(24)25/h4-11,16H,1-3H3,(H,21,23). The molecule has 1 N–H and O–H groups in total. The number of para-hydroxylation sites is 1. The van der Waals surface area contributed by atoms with E-state index in [0.29, 0.717) is 16.8 Å². The van der Waals surface area contributed by atoms with Crippen LogP contribution in [0.15, 0.2) is 53.5 Å². The molecule has 7 nitrogen and oxygen atoms in total. The first-order valence-electron chi connectivity index (χ1n) is 8.16. The highest BCUT2D eigenvalue weighted by Gasteiger charge is 2.32. The Bertz CT molecular complexity index is 882. The lowest BCUT2D eigenvalue weighted by molar-refractivity contribution is -0.384. The first-order valence-corrected chi connectivity index (χ1v) is 8.16. The number of benzene rings is 2. The van der Waals surface area contributed by atoms with Crippen molar-refractivity contribution in [3.8, 4) is 0 Å². The second kappa shape index (κ2) is 6.59. The second-order valence-corrected chi connectivity index (χ2v) is 7.02. The van der Waals surface area contributed by atoms with Crippen molar-refractivity contribution >= 4 is 23.2 Å². The van der Waals surface area contributed by atoms with E-state index < -0.39 is 16.6 Å². The van der Waals surface area contributed by atoms with Crippen molar-refractivity contribution in [3.05, 3.63) is 69.8 Å². The average molecular weight is 353 g/mol. The zero-order valence-corrected chi connectivity index (χ0v) is 14.7. The van der Waals surface area contributed by atoms with Gasteiger partial charge in [0, 0.05) is 28.8 Å². The Hall–Kier alpha value is -3.22. The van der Waals surface area contributed by atoms with E-state index in [1.165, 1.54) is 12.1 Å². The van der Waals surface area contributed by atoms with E-state index in [-0.39, 0.29) is 17.5 Å². The molecule has 0 bridgehead atoms. The smallest absolute Gasteiger partial charge is 0.269 e. The summed E-state index contributed by atoms with van der Waals surface area (Å²) in [5.74, 6) is -0.00748. The number of nitrogens with one attached hydrogen (secondary N) is 1. The molecular weight excluding hydrogens is 334 g/mol. The van der Waals surface area contributed by atoms with Crippen molar-refractivity contribution in [2.45, 2.75) is 32.4 Å². The van der Waals surface area contributed by atoms with Crippen LogP contribution in [0.4, 0.5) is 11.4 Å². The number of nitro benzene ring substituents is 1. The first-order chi connectivity index (χ1) is 12.2. The van der Waals surface area contributed by atoms with Crippen LogP contribution in [0, 0.1) is 10.1 Å². The summed E-state index contributed by atoms with van der Waals surface area (Å²) in [6, 6.07) is 13.1. The lowest BCUT2D eigenvalue weighted by Crippen LogP contribution is -2.44. The Kier molecular flexibility index (Phi) is 4.46. The van der Waals surface area contributed by atoms with Crippen LogP contribution in [0.1, 0.15) is 38.0 Å². The van der Waals surface area contributed by atoms with Crippen molar-refractivity contribution in [2.75, 3.05) is 0 Å². The number of nitro groups is 1. The largest absolute Gasteiger partial charge is 0.459 e. The van der Waals surface area contributed by atoms with Gasteiger partial charge in [-0.2, -0.15) is 0 Å². The molecule has 26 heavy (non-hydrogen) atoms. The van der Waals surface area contributed by atoms with Crippen LogP contribution in [0.3, 0.4) is 0 Å². The van der Waals surface area contributed by atoms with Gasteiger partial charge < -0.3 is 10.1 Å². The predicted octanol–water partition coefficient (Wildman–Crippen LogP) is 3.66. The van der Waals surface area contributed by atoms with Gasteiger partial charge >= 0.3 is 0 Å². The number of aliphatic imine (C=N–C) groups is 1. The molecule has 0 spiro atoms. The number of hydrogen-bond acceptors (Lipinski definition) is 5. The highest BCUT2D eigenvalue weighted by molar-refractivity contribution is 6.00. The molecule has 0 aliphatic carbocycles. The number of fused-ring (bicyclic) bond motifs is 1. The summed E-state index contributed by atoms with van der Waals surface area (Å²) in [6.45, 7) is 5.68. The van der Waals surface area contributed by atoms with Gasteiger partial charge in [0.15, 0.2) is 0 Å². The van der Waals surface area contributed by atoms with Gasteiger partial charge in [0.2, 0.25) is 12.0 Å². The van der Waals surface area contributed by atoms with Crippen LogP contribution in [0.25, 0.3) is 0 Å². The average Bonchev–Trinajstić information content (AvgIpc) is 2.59. The number of hydrogen-bond donors (Lipinski definition) is 1. The Labute approximate surface area is 150 Å². The number of rotatable bonds is 3. The van der Waals surface area contributed by atoms with Crippen molar-refractivity contribution in [3.63, 3.8) is 0 Å². The summed E-state index contributed by atoms with van der Waals surface area (Å²) in [7, 11) is 0. The highest BCUT2D eigenvalue weighted by atomic mass is 16.6. The molecule has 0 saturated heterocycles. The van der Waals surface area contributed by atoms with Crippen molar-refractivity contribution < 1.29 is 14.5 Å². The topological polar surface area (TPSA) is 93.8 Å². The molecule has 0 saturated carbocycles. The molecule has 1 aliphatic rings. The summed E-state index contributed by atoms with van der Waals surface area (Å²) in [5.41, 5.74) is 1.46. The normalized spacial score (nSPS) is 16.1. The fraction of sp³-hybridized carbons (Fsp3) is 0.263. The third kappa shape index (κ3) is 3.72. The molecule has 1 heterocycles. The van der Waals surface area contributed by atoms with E-state index >= 15 is 0 Å². The molecule has 0 aromatic heterocycles. The molecule has 1 aliphatic heterocycles. The van der Waals surface area contributed by atoms with Gasteiger partial charge in [-0.3, -0.25) is 14.9 Å². The van der Waals surface area contributed by atoms with E-state index in [1.807, 2.05) is 32.9 Å². The molecule has 0 fully saturated rings. The minimum atomic E-state index is -0.840. The maximum absolute atomic E-state index is 12.7. The summed E-state index contributed by atoms with van der Waals surface area (Å²) in [5, 5.41) is 13.7. The van der Waals surface area contributed by atoms with Crippen LogP contribution in [0.2, 0.25) is 0 Å². The summed E-state index contributed by atoms with van der Waals surface area (Å²) < 4.78 is 5.88. The molecule has 7 heteroatoms. The maximum atomic E-state index is 12.7. The third-order valence-electron chi connectivity index (χ3n) is 3.73. The van der Waals surface area contributed by atoms with Gasteiger partial charge in [0.1, 0.15) is 0 Å². The molecule has 0 radical (unpaired) electrons. The zero-order chi connectivity index (χ0) is 18.9. The monoisotopic (exact) mass is 353 g/mol. The Morgan fingerprint density at radius 1 is 1.15 bits per heavy atom. The maximum Gasteiger partial charge on any atom is 0.269 e. The highest BCUT2D eigenvalue weighted by Crippen LogP contribution is 2.34. The molecule has 1 unspecified atom stereocenters. The first kappa shape index (κ1) is 17.6. The molecule has 2 aromatic carbocycles. The predicted molar refractivity (Wildman–Crippen MR) is 97.5 cm³/mol. The van der Waals surface area contributed by atoms with E-state index in [4.69, 9.17) is 4.74 Å². The van der Waals surface area contributed by atoms with Crippen LogP contribution in [-0.2, 0) is 9.53 Å². The van der Waals surface area contributed by atoms with Crippen LogP contribution >= 0.6 is 0 Å². The van der Waals surface area contributed by atoms with Gasteiger partial charge in [-0.15, -0.1) is 0 Å². The summed E-state index contributed by atoms with van der Waals surface area (Å²) in [6.07, 6.45) is -0.840. The van der Waals surface area contributed by atoms with Crippen molar-refractivity contribution in [2.24, 2.45) is 4.99 Å². The van der Waals surface area contributed by atoms with Crippen molar-refractivity contribution in [1.29, 1.82) is 0 Å². The zero-order valence-electron chi connectivity index (χ0n) is 14.7. The van der Waals surface area contributed by atoms with Gasteiger partial charge in [0.05, 0.1) is 10.6 Å². The van der Waals surface area contributed by atoms with Gasteiger partial charge in [-0.1, -0.05) is 18.2 Å². The number of non-ortho nitro benzene ring substituents is 1. The number of amides is 1. The quantitative estimate of drug-likeness (QED) is 0.673. The lowest BCUT2D eigenvalue weighted by atomic mass is 10.0. The van der Waals surface area contributed by atoms with Crippen LogP contribution in [0.5, 0.6) is 0 Å². The summed E-state index contributed by atoms with van der Waals surface area (Å²) >= 11 is 0. The van der Waals surface area contributed by atoms with E-state index in [9.17, 15) is 14.9 Å². The molecule has 1 atom stereocenters. The minimum absolute atomic E-state index is 0.0208. The molecular formula is C19H19N3O4. The minimum Gasteiger partial charge on any atom is -0.459 e. The Morgan fingerprint density at radius 3 is 2.42 bits per heavy atom. The molecule has 2 aromatic rings. The fourth-order valence-corrected chi connectivity index (χ4v) is 2.61. The second-order valence-electron chi connectivity index (χ2n) is 7.02. The van der Waals surface area contributed by atoms with Gasteiger partial charge in [-0.05, 0) is 39.0 Å². The van der Waals surface area contributed by atoms with Crippen molar-refractivity contribution in [1.82, 2.24) is 5.32 Å². The number of carbonyl (C=O) groups is 1. The lowest BCUT2D eigenvalue weighted by Gasteiger charge is -2.29. The Balaban J connectivity index is 1.97. The molecule has 3 rings (SSSR count). The number of ether oxygens (including phenoxy) is 1. The van der Waals surface area contributed by atoms with Crippen LogP contribution < -0.4 is 5.32 Å². The SMILES string of the molecule is CC(C)(C)NC(=O)C1OC(c2ccc([N+](=O)[O-])cc2)=Nc2ccccc21.